The topological polar surface area (TPSA) is 74.8 Å². The average Bonchev–Trinajstić information content (AvgIpc) is 2.59. The van der Waals surface area contributed by atoms with Crippen LogP contribution in [0.25, 0.3) is 0 Å². The summed E-state index contributed by atoms with van der Waals surface area (Å²) in [4.78, 5) is 16.6. The molecule has 3 N–H and O–H groups in total. The van der Waals surface area contributed by atoms with Crippen molar-refractivity contribution in [3.63, 3.8) is 0 Å². The van der Waals surface area contributed by atoms with Gasteiger partial charge in [0.2, 0.25) is 5.91 Å². The van der Waals surface area contributed by atoms with Gasteiger partial charge in [-0.3, -0.25) is 9.79 Å². The zero-order valence-corrected chi connectivity index (χ0v) is 19.9. The first-order valence-electron chi connectivity index (χ1n) is 9.01. The minimum absolute atomic E-state index is 0. The van der Waals surface area contributed by atoms with Gasteiger partial charge in [0, 0.05) is 18.1 Å². The number of carbonyl (C=O) groups excluding carboxylic acids is 1. The van der Waals surface area contributed by atoms with E-state index in [-0.39, 0.29) is 36.0 Å². The average molecular weight is 511 g/mol. The Morgan fingerprint density at radius 2 is 1.74 bits per heavy atom. The lowest BCUT2D eigenvalue weighted by Gasteiger charge is -2.22. The van der Waals surface area contributed by atoms with Crippen molar-refractivity contribution in [2.45, 2.75) is 40.7 Å². The van der Waals surface area contributed by atoms with Gasteiger partial charge in [0.15, 0.2) is 5.96 Å². The van der Waals surface area contributed by atoms with E-state index in [1.807, 2.05) is 46.8 Å². The summed E-state index contributed by atoms with van der Waals surface area (Å²) in [5.41, 5.74) is -0.566. The van der Waals surface area contributed by atoms with Gasteiger partial charge in [-0.25, -0.2) is 0 Å². The SMILES string of the molecule is CCNC(=O)C(C)(C)CN=C(NCC)NCC(C)Oc1ccc(Cl)cc1.I. The molecule has 6 nitrogen and oxygen atoms in total. The summed E-state index contributed by atoms with van der Waals surface area (Å²) >= 11 is 5.88. The van der Waals surface area contributed by atoms with Crippen LogP contribution in [0.2, 0.25) is 5.02 Å². The van der Waals surface area contributed by atoms with Gasteiger partial charge in [-0.1, -0.05) is 11.6 Å². The number of nitrogens with one attached hydrogen (secondary N) is 3. The monoisotopic (exact) mass is 510 g/mol. The molecule has 0 saturated carbocycles. The van der Waals surface area contributed by atoms with Crippen LogP contribution in [-0.2, 0) is 4.79 Å². The molecule has 1 rings (SSSR count). The third-order valence-corrected chi connectivity index (χ3v) is 3.89. The van der Waals surface area contributed by atoms with Crippen LogP contribution >= 0.6 is 35.6 Å². The number of guanidine groups is 1. The highest BCUT2D eigenvalue weighted by molar-refractivity contribution is 14.0. The molecule has 0 fully saturated rings. The number of halogens is 2. The summed E-state index contributed by atoms with van der Waals surface area (Å²) in [5.74, 6) is 1.43. The van der Waals surface area contributed by atoms with Crippen molar-refractivity contribution in [3.05, 3.63) is 29.3 Å². The van der Waals surface area contributed by atoms with Gasteiger partial charge >= 0.3 is 0 Å². The maximum atomic E-state index is 12.1. The quantitative estimate of drug-likeness (QED) is 0.270. The predicted octanol–water partition coefficient (Wildman–Crippen LogP) is 3.44. The molecule has 1 amide bonds. The first kappa shape index (κ1) is 25.8. The number of amides is 1. The molecular weight excluding hydrogens is 479 g/mol. The molecule has 154 valence electrons. The molecule has 0 spiro atoms. The van der Waals surface area contributed by atoms with Crippen LogP contribution in [0.3, 0.4) is 0 Å². The number of hydrogen-bond acceptors (Lipinski definition) is 3. The van der Waals surface area contributed by atoms with E-state index in [0.29, 0.717) is 30.6 Å². The highest BCUT2D eigenvalue weighted by atomic mass is 127. The number of nitrogens with zero attached hydrogens (tertiary/aromatic N) is 1. The zero-order chi connectivity index (χ0) is 19.6. The minimum atomic E-state index is -0.566. The Labute approximate surface area is 184 Å². The fourth-order valence-electron chi connectivity index (χ4n) is 2.12. The van der Waals surface area contributed by atoms with E-state index < -0.39 is 5.41 Å². The van der Waals surface area contributed by atoms with Crippen LogP contribution in [0.5, 0.6) is 5.75 Å². The maximum Gasteiger partial charge on any atom is 0.227 e. The molecule has 0 aliphatic rings. The van der Waals surface area contributed by atoms with Gasteiger partial charge in [0.1, 0.15) is 11.9 Å². The second kappa shape index (κ2) is 13.0. The van der Waals surface area contributed by atoms with Crippen molar-refractivity contribution in [1.82, 2.24) is 16.0 Å². The number of ether oxygens (including phenoxy) is 1. The second-order valence-corrected chi connectivity index (χ2v) is 7.14. The number of carbonyl (C=O) groups is 1. The van der Waals surface area contributed by atoms with Crippen LogP contribution in [0.15, 0.2) is 29.3 Å². The lowest BCUT2D eigenvalue weighted by molar-refractivity contribution is -0.128. The first-order chi connectivity index (χ1) is 12.3. The van der Waals surface area contributed by atoms with Gasteiger partial charge in [-0.2, -0.15) is 0 Å². The third-order valence-electron chi connectivity index (χ3n) is 3.64. The molecule has 1 atom stereocenters. The van der Waals surface area contributed by atoms with E-state index in [9.17, 15) is 4.79 Å². The number of hydrogen-bond donors (Lipinski definition) is 3. The fraction of sp³-hybridized carbons (Fsp3) is 0.579. The summed E-state index contributed by atoms with van der Waals surface area (Å²) < 4.78 is 5.85. The molecular formula is C19H32ClIN4O2. The predicted molar refractivity (Wildman–Crippen MR) is 123 cm³/mol. The largest absolute Gasteiger partial charge is 0.489 e. The molecule has 0 bridgehead atoms. The van der Waals surface area contributed by atoms with E-state index in [0.717, 1.165) is 12.3 Å². The van der Waals surface area contributed by atoms with Crippen molar-refractivity contribution in [3.8, 4) is 5.75 Å². The highest BCUT2D eigenvalue weighted by Gasteiger charge is 2.26. The third kappa shape index (κ3) is 10.0. The maximum absolute atomic E-state index is 12.1. The van der Waals surface area contributed by atoms with Gasteiger partial charge in [-0.15, -0.1) is 24.0 Å². The van der Waals surface area contributed by atoms with Crippen LogP contribution in [0.1, 0.15) is 34.6 Å². The van der Waals surface area contributed by atoms with E-state index in [1.165, 1.54) is 0 Å². The summed E-state index contributed by atoms with van der Waals surface area (Å²) in [6.45, 7) is 12.0. The number of aliphatic imine (C=N–C) groups is 1. The second-order valence-electron chi connectivity index (χ2n) is 6.70. The van der Waals surface area contributed by atoms with Crippen molar-refractivity contribution >= 4 is 47.4 Å². The highest BCUT2D eigenvalue weighted by Crippen LogP contribution is 2.17. The number of rotatable bonds is 9. The summed E-state index contributed by atoms with van der Waals surface area (Å²) in [6.07, 6.45) is -0.0589. The van der Waals surface area contributed by atoms with Crippen LogP contribution in [0.4, 0.5) is 0 Å². The molecule has 1 unspecified atom stereocenters. The Kier molecular flexibility index (Phi) is 12.5. The summed E-state index contributed by atoms with van der Waals surface area (Å²) in [6, 6.07) is 7.28. The van der Waals surface area contributed by atoms with Gasteiger partial charge in [-0.05, 0) is 58.9 Å². The minimum Gasteiger partial charge on any atom is -0.489 e. The molecule has 0 aliphatic carbocycles. The Morgan fingerprint density at radius 3 is 2.30 bits per heavy atom. The Bertz CT molecular complexity index is 594. The van der Waals surface area contributed by atoms with Crippen molar-refractivity contribution in [2.24, 2.45) is 10.4 Å². The molecule has 0 radical (unpaired) electrons. The molecule has 0 aromatic heterocycles. The van der Waals surface area contributed by atoms with Gasteiger partial charge < -0.3 is 20.7 Å². The van der Waals surface area contributed by atoms with Crippen LogP contribution < -0.4 is 20.7 Å². The smallest absolute Gasteiger partial charge is 0.227 e. The van der Waals surface area contributed by atoms with Crippen molar-refractivity contribution in [2.75, 3.05) is 26.2 Å². The molecule has 0 aliphatic heterocycles. The standard InChI is InChI=1S/C19H31ClN4O2.HI/c1-6-21-17(25)19(4,5)13-24-18(22-7-2)23-12-14(3)26-16-10-8-15(20)9-11-16;/h8-11,14H,6-7,12-13H2,1-5H3,(H,21,25)(H2,22,23,24);1H. The van der Waals surface area contributed by atoms with E-state index in [1.54, 1.807) is 12.1 Å². The van der Waals surface area contributed by atoms with Crippen LogP contribution in [-0.4, -0.2) is 44.1 Å². The molecule has 8 heteroatoms. The van der Waals surface area contributed by atoms with Crippen LogP contribution in [0, 0.1) is 5.41 Å². The number of benzene rings is 1. The lowest BCUT2D eigenvalue weighted by Crippen LogP contribution is -2.44. The van der Waals surface area contributed by atoms with E-state index >= 15 is 0 Å². The lowest BCUT2D eigenvalue weighted by atomic mass is 9.92. The van der Waals surface area contributed by atoms with Gasteiger partial charge in [0.05, 0.1) is 18.5 Å². The zero-order valence-electron chi connectivity index (χ0n) is 16.8. The first-order valence-corrected chi connectivity index (χ1v) is 9.39. The van der Waals surface area contributed by atoms with E-state index in [4.69, 9.17) is 16.3 Å². The Balaban J connectivity index is 0.00000676. The van der Waals surface area contributed by atoms with Crippen molar-refractivity contribution in [1.29, 1.82) is 0 Å². The molecule has 1 aromatic carbocycles. The fourth-order valence-corrected chi connectivity index (χ4v) is 2.24. The summed E-state index contributed by atoms with van der Waals surface area (Å²) in [5, 5.41) is 9.96. The van der Waals surface area contributed by atoms with Gasteiger partial charge in [0.25, 0.3) is 0 Å². The Morgan fingerprint density at radius 1 is 1.15 bits per heavy atom. The van der Waals surface area contributed by atoms with E-state index in [2.05, 4.69) is 20.9 Å². The van der Waals surface area contributed by atoms with Crippen molar-refractivity contribution < 1.29 is 9.53 Å². The normalized spacial score (nSPS) is 12.6. The molecule has 1 aromatic rings. The molecule has 0 heterocycles. The summed E-state index contributed by atoms with van der Waals surface area (Å²) in [7, 11) is 0. The molecule has 0 saturated heterocycles. The Hall–Kier alpha value is -1.22. The molecule has 27 heavy (non-hydrogen) atoms.